The van der Waals surface area contributed by atoms with Gasteiger partial charge in [-0.05, 0) is 30.4 Å². The Bertz CT molecular complexity index is 750. The van der Waals surface area contributed by atoms with Crippen molar-refractivity contribution in [2.24, 2.45) is 11.1 Å². The van der Waals surface area contributed by atoms with E-state index in [1.807, 2.05) is 10.6 Å². The van der Waals surface area contributed by atoms with E-state index >= 15 is 0 Å². The summed E-state index contributed by atoms with van der Waals surface area (Å²) in [5.74, 6) is 0.419. The lowest BCUT2D eigenvalue weighted by molar-refractivity contribution is -0.148. The van der Waals surface area contributed by atoms with Crippen molar-refractivity contribution < 1.29 is 13.2 Å². The van der Waals surface area contributed by atoms with Gasteiger partial charge < -0.3 is 10.3 Å². The Morgan fingerprint density at radius 3 is 2.40 bits per heavy atom. The number of nitrogens with two attached hydrogens (primary N) is 1. The van der Waals surface area contributed by atoms with E-state index in [1.54, 1.807) is 12.3 Å². The van der Waals surface area contributed by atoms with Gasteiger partial charge in [0.2, 0.25) is 0 Å². The highest BCUT2D eigenvalue weighted by Gasteiger charge is 2.40. The Kier molecular flexibility index (Phi) is 4.60. The van der Waals surface area contributed by atoms with Gasteiger partial charge in [0.15, 0.2) is 0 Å². The number of aromatic nitrogens is 2. The summed E-state index contributed by atoms with van der Waals surface area (Å²) in [4.78, 5) is 4.77. The molecule has 0 saturated heterocycles. The number of nitrogens with zero attached hydrogens (tertiary/aromatic N) is 2. The Hall–Kier alpha value is -1.56. The molecule has 0 aliphatic heterocycles. The molecule has 0 radical (unpaired) electrons. The zero-order valence-electron chi connectivity index (χ0n) is 15.0. The van der Waals surface area contributed by atoms with Gasteiger partial charge in [0.05, 0.1) is 0 Å². The van der Waals surface area contributed by atoms with Gasteiger partial charge in [0.1, 0.15) is 11.7 Å². The molecule has 3 nitrogen and oxygen atoms in total. The van der Waals surface area contributed by atoms with Crippen LogP contribution in [0.3, 0.4) is 0 Å². The van der Waals surface area contributed by atoms with Crippen molar-refractivity contribution in [2.75, 3.05) is 0 Å². The van der Waals surface area contributed by atoms with Gasteiger partial charge in [-0.15, -0.1) is 0 Å². The molecule has 25 heavy (non-hydrogen) atoms. The largest absolute Gasteiger partial charge is 0.407 e. The zero-order valence-corrected chi connectivity index (χ0v) is 15.0. The van der Waals surface area contributed by atoms with Crippen LogP contribution in [-0.2, 0) is 6.54 Å². The molecule has 6 heteroatoms. The summed E-state index contributed by atoms with van der Waals surface area (Å²) in [7, 11) is 0. The molecule has 0 amide bonds. The van der Waals surface area contributed by atoms with Crippen molar-refractivity contribution >= 4 is 11.0 Å². The summed E-state index contributed by atoms with van der Waals surface area (Å²) in [6, 6.07) is 1.66. The average molecular weight is 353 g/mol. The van der Waals surface area contributed by atoms with E-state index in [4.69, 9.17) is 10.7 Å². The zero-order chi connectivity index (χ0) is 18.4. The number of rotatable bonds is 3. The minimum Gasteiger partial charge on any atom is -0.332 e. The molecule has 2 heterocycles. The molecule has 1 aliphatic rings. The topological polar surface area (TPSA) is 43.8 Å². The lowest BCUT2D eigenvalue weighted by Gasteiger charge is -2.20. The predicted molar refractivity (Wildman–Crippen MR) is 93.4 cm³/mol. The molecule has 1 fully saturated rings. The van der Waals surface area contributed by atoms with Gasteiger partial charge in [-0.2, -0.15) is 13.2 Å². The van der Waals surface area contributed by atoms with E-state index in [0.717, 1.165) is 18.5 Å². The average Bonchev–Trinajstić information content (AvgIpc) is 3.12. The Morgan fingerprint density at radius 1 is 1.20 bits per heavy atom. The van der Waals surface area contributed by atoms with E-state index < -0.39 is 12.2 Å². The van der Waals surface area contributed by atoms with E-state index in [-0.39, 0.29) is 11.0 Å². The first-order chi connectivity index (χ1) is 11.6. The fourth-order valence-corrected chi connectivity index (χ4v) is 3.71. The molecular weight excluding hydrogens is 327 g/mol. The first-order valence-corrected chi connectivity index (χ1v) is 8.88. The van der Waals surface area contributed by atoms with Crippen molar-refractivity contribution in [3.05, 3.63) is 29.6 Å². The fraction of sp³-hybridized carbons (Fsp3) is 0.632. The highest BCUT2D eigenvalue weighted by Crippen LogP contribution is 2.38. The van der Waals surface area contributed by atoms with E-state index in [0.29, 0.717) is 23.5 Å². The molecule has 1 aliphatic carbocycles. The lowest BCUT2D eigenvalue weighted by Crippen LogP contribution is -2.28. The van der Waals surface area contributed by atoms with Crippen molar-refractivity contribution in [3.63, 3.8) is 0 Å². The van der Waals surface area contributed by atoms with Gasteiger partial charge in [0, 0.05) is 35.3 Å². The second kappa shape index (κ2) is 6.31. The van der Waals surface area contributed by atoms with Crippen LogP contribution in [0.15, 0.2) is 18.3 Å². The Balaban J connectivity index is 2.11. The highest BCUT2D eigenvalue weighted by molar-refractivity contribution is 5.81. The van der Waals surface area contributed by atoms with Gasteiger partial charge in [-0.25, -0.2) is 4.98 Å². The van der Waals surface area contributed by atoms with Crippen LogP contribution in [0, 0.1) is 5.41 Å². The summed E-state index contributed by atoms with van der Waals surface area (Å²) in [6.07, 6.45) is 1.67. The van der Waals surface area contributed by atoms with E-state index in [2.05, 4.69) is 20.8 Å². The summed E-state index contributed by atoms with van der Waals surface area (Å²) < 4.78 is 41.4. The smallest absolute Gasteiger partial charge is 0.332 e. The molecular formula is C19H26F3N3. The molecule has 2 aromatic heterocycles. The number of alkyl halides is 3. The van der Waals surface area contributed by atoms with Crippen LogP contribution in [0.2, 0.25) is 0 Å². The number of halogens is 3. The third-order valence-corrected chi connectivity index (χ3v) is 4.88. The molecule has 0 unspecified atom stereocenters. The normalized spacial score (nSPS) is 18.2. The second-order valence-corrected chi connectivity index (χ2v) is 8.38. The van der Waals surface area contributed by atoms with Gasteiger partial charge in [-0.3, -0.25) is 0 Å². The summed E-state index contributed by atoms with van der Waals surface area (Å²) >= 11 is 0. The van der Waals surface area contributed by atoms with Crippen LogP contribution in [0.4, 0.5) is 13.2 Å². The van der Waals surface area contributed by atoms with Crippen molar-refractivity contribution in [3.8, 4) is 0 Å². The number of hydrogen-bond acceptors (Lipinski definition) is 2. The van der Waals surface area contributed by atoms with E-state index in [1.165, 1.54) is 12.8 Å². The third kappa shape index (κ3) is 3.84. The summed E-state index contributed by atoms with van der Waals surface area (Å²) in [6.45, 7) is 6.77. The number of pyridine rings is 1. The number of hydrogen-bond donors (Lipinski definition) is 1. The van der Waals surface area contributed by atoms with Gasteiger partial charge in [0.25, 0.3) is 0 Å². The fourth-order valence-electron chi connectivity index (χ4n) is 3.71. The van der Waals surface area contributed by atoms with Crippen LogP contribution in [0.5, 0.6) is 0 Å². The van der Waals surface area contributed by atoms with Crippen LogP contribution in [0.1, 0.15) is 69.7 Å². The first kappa shape index (κ1) is 18.2. The van der Waals surface area contributed by atoms with Gasteiger partial charge in [-0.1, -0.05) is 33.6 Å². The Labute approximate surface area is 146 Å². The molecule has 1 atom stereocenters. The van der Waals surface area contributed by atoms with E-state index in [9.17, 15) is 13.2 Å². The summed E-state index contributed by atoms with van der Waals surface area (Å²) in [5.41, 5.74) is 7.16. The molecule has 2 aromatic rings. The maximum absolute atomic E-state index is 13.2. The number of fused-ring (bicyclic) bond motifs is 1. The first-order valence-electron chi connectivity index (χ1n) is 8.88. The molecule has 2 N–H and O–H groups in total. The SMILES string of the molecule is CC(C)(C)Cn1cc([C@H](N)C(F)(F)F)c2ccc(C3CCCC3)nc21. The Morgan fingerprint density at radius 2 is 1.84 bits per heavy atom. The lowest BCUT2D eigenvalue weighted by atomic mass is 9.97. The van der Waals surface area contributed by atoms with Crippen molar-refractivity contribution in [2.45, 2.75) is 71.1 Å². The third-order valence-electron chi connectivity index (χ3n) is 4.88. The summed E-state index contributed by atoms with van der Waals surface area (Å²) in [5, 5.41) is 0.510. The highest BCUT2D eigenvalue weighted by atomic mass is 19.4. The molecule has 0 bridgehead atoms. The van der Waals surface area contributed by atoms with Crippen LogP contribution < -0.4 is 5.73 Å². The maximum Gasteiger partial charge on any atom is 0.407 e. The van der Waals surface area contributed by atoms with Crippen LogP contribution >= 0.6 is 0 Å². The van der Waals surface area contributed by atoms with Crippen molar-refractivity contribution in [1.82, 2.24) is 9.55 Å². The quantitative estimate of drug-likeness (QED) is 0.813. The standard InChI is InChI=1S/C19H26F3N3/c1-18(2,3)11-25-10-14(16(23)19(20,21)22)13-8-9-15(24-17(13)25)12-6-4-5-7-12/h8-10,12,16H,4-7,11,23H2,1-3H3/t16-/m0/s1. The van der Waals surface area contributed by atoms with Gasteiger partial charge >= 0.3 is 6.18 Å². The minimum atomic E-state index is -4.47. The molecule has 3 rings (SSSR count). The molecule has 0 spiro atoms. The molecule has 0 aromatic carbocycles. The molecule has 138 valence electrons. The van der Waals surface area contributed by atoms with Crippen LogP contribution in [-0.4, -0.2) is 15.7 Å². The monoisotopic (exact) mass is 353 g/mol. The molecule has 1 saturated carbocycles. The second-order valence-electron chi connectivity index (χ2n) is 8.38. The van der Waals surface area contributed by atoms with Crippen molar-refractivity contribution in [1.29, 1.82) is 0 Å². The van der Waals surface area contributed by atoms with Crippen LogP contribution in [0.25, 0.3) is 11.0 Å². The maximum atomic E-state index is 13.2. The predicted octanol–water partition coefficient (Wildman–Crippen LogP) is 5.30. The minimum absolute atomic E-state index is 0.0728.